The number of aliphatic hydroxyl groups is 1. The van der Waals surface area contributed by atoms with Crippen LogP contribution in [0.5, 0.6) is 5.75 Å². The summed E-state index contributed by atoms with van der Waals surface area (Å²) in [6.45, 7) is 2.65. The van der Waals surface area contributed by atoms with E-state index in [1.807, 2.05) is 30.3 Å². The van der Waals surface area contributed by atoms with Crippen molar-refractivity contribution in [3.8, 4) is 5.75 Å². The Labute approximate surface area is 168 Å². The van der Waals surface area contributed by atoms with Crippen molar-refractivity contribution in [2.75, 3.05) is 6.61 Å². The largest absolute Gasteiger partial charge is 0.489 e. The summed E-state index contributed by atoms with van der Waals surface area (Å²) >= 11 is 0. The normalized spacial score (nSPS) is 11.8. The van der Waals surface area contributed by atoms with E-state index in [4.69, 9.17) is 9.47 Å². The number of hydrogen-bond donors (Lipinski definition) is 1. The van der Waals surface area contributed by atoms with E-state index in [9.17, 15) is 9.90 Å². The number of benzene rings is 2. The van der Waals surface area contributed by atoms with E-state index < -0.39 is 12.1 Å². The SMILES string of the molecule is CCOC(=O)C(O)CCCCCCCc1ccc(OCc2ccccc2)cc1. The van der Waals surface area contributed by atoms with Crippen LogP contribution in [0.4, 0.5) is 0 Å². The summed E-state index contributed by atoms with van der Waals surface area (Å²) in [5, 5.41) is 9.64. The minimum Gasteiger partial charge on any atom is -0.489 e. The van der Waals surface area contributed by atoms with Crippen LogP contribution in [-0.4, -0.2) is 23.8 Å². The Morgan fingerprint density at radius 2 is 1.57 bits per heavy atom. The Morgan fingerprint density at radius 1 is 0.893 bits per heavy atom. The fraction of sp³-hybridized carbons (Fsp3) is 0.458. The van der Waals surface area contributed by atoms with E-state index in [2.05, 4.69) is 24.3 Å². The first-order chi connectivity index (χ1) is 13.7. The summed E-state index contributed by atoms with van der Waals surface area (Å²) in [5.74, 6) is 0.395. The molecule has 0 spiro atoms. The highest BCUT2D eigenvalue weighted by Gasteiger charge is 2.14. The van der Waals surface area contributed by atoms with Gasteiger partial charge >= 0.3 is 5.97 Å². The molecule has 0 aliphatic heterocycles. The molecule has 0 saturated heterocycles. The molecule has 0 aliphatic carbocycles. The molecule has 4 nitrogen and oxygen atoms in total. The molecule has 1 unspecified atom stereocenters. The van der Waals surface area contributed by atoms with Crippen molar-refractivity contribution in [2.45, 2.75) is 64.6 Å². The zero-order valence-electron chi connectivity index (χ0n) is 16.8. The number of aliphatic hydroxyl groups excluding tert-OH is 1. The van der Waals surface area contributed by atoms with E-state index in [0.29, 0.717) is 19.6 Å². The molecule has 0 amide bonds. The van der Waals surface area contributed by atoms with Crippen LogP contribution in [0.15, 0.2) is 54.6 Å². The lowest BCUT2D eigenvalue weighted by molar-refractivity contribution is -0.153. The smallest absolute Gasteiger partial charge is 0.334 e. The monoisotopic (exact) mass is 384 g/mol. The van der Waals surface area contributed by atoms with Crippen molar-refractivity contribution in [3.05, 3.63) is 65.7 Å². The Hall–Kier alpha value is -2.33. The van der Waals surface area contributed by atoms with E-state index >= 15 is 0 Å². The van der Waals surface area contributed by atoms with E-state index in [1.165, 1.54) is 11.1 Å². The zero-order chi connectivity index (χ0) is 20.0. The minimum absolute atomic E-state index is 0.316. The van der Waals surface area contributed by atoms with Crippen molar-refractivity contribution in [1.82, 2.24) is 0 Å². The molecule has 0 fully saturated rings. The lowest BCUT2D eigenvalue weighted by Gasteiger charge is -2.09. The number of aryl methyl sites for hydroxylation is 1. The third-order valence-corrected chi connectivity index (χ3v) is 4.67. The van der Waals surface area contributed by atoms with Crippen LogP contribution in [-0.2, 0) is 22.6 Å². The Balaban J connectivity index is 1.54. The summed E-state index contributed by atoms with van der Waals surface area (Å²) in [5.41, 5.74) is 2.49. The Kier molecular flexibility index (Phi) is 10.2. The van der Waals surface area contributed by atoms with Crippen LogP contribution in [0.25, 0.3) is 0 Å². The Morgan fingerprint density at radius 3 is 2.29 bits per heavy atom. The molecule has 0 radical (unpaired) electrons. The van der Waals surface area contributed by atoms with Gasteiger partial charge in [-0.2, -0.15) is 0 Å². The quantitative estimate of drug-likeness (QED) is 0.387. The lowest BCUT2D eigenvalue weighted by atomic mass is 10.0. The van der Waals surface area contributed by atoms with Crippen LogP contribution < -0.4 is 4.74 Å². The van der Waals surface area contributed by atoms with Crippen LogP contribution in [0.2, 0.25) is 0 Å². The highest BCUT2D eigenvalue weighted by atomic mass is 16.5. The van der Waals surface area contributed by atoms with E-state index in [0.717, 1.165) is 44.3 Å². The third kappa shape index (κ3) is 8.57. The number of rotatable bonds is 13. The molecule has 0 heterocycles. The average Bonchev–Trinajstić information content (AvgIpc) is 2.73. The highest BCUT2D eigenvalue weighted by molar-refractivity contribution is 5.74. The fourth-order valence-electron chi connectivity index (χ4n) is 3.05. The van der Waals surface area contributed by atoms with Gasteiger partial charge in [0.15, 0.2) is 6.10 Å². The van der Waals surface area contributed by atoms with Gasteiger partial charge in [-0.15, -0.1) is 0 Å². The van der Waals surface area contributed by atoms with Gasteiger partial charge in [-0.3, -0.25) is 0 Å². The number of ether oxygens (including phenoxy) is 2. The van der Waals surface area contributed by atoms with Crippen LogP contribution >= 0.6 is 0 Å². The minimum atomic E-state index is -0.970. The van der Waals surface area contributed by atoms with Crippen LogP contribution in [0.3, 0.4) is 0 Å². The zero-order valence-corrected chi connectivity index (χ0v) is 16.8. The predicted molar refractivity (Wildman–Crippen MR) is 111 cm³/mol. The van der Waals surface area contributed by atoms with Gasteiger partial charge in [-0.05, 0) is 49.4 Å². The Bertz CT molecular complexity index is 667. The molecule has 0 aliphatic rings. The van der Waals surface area contributed by atoms with Crippen LogP contribution in [0, 0.1) is 0 Å². The highest BCUT2D eigenvalue weighted by Crippen LogP contribution is 2.16. The second kappa shape index (κ2) is 12.9. The van der Waals surface area contributed by atoms with Crippen LogP contribution in [0.1, 0.15) is 56.6 Å². The summed E-state index contributed by atoms with van der Waals surface area (Å²) in [6.07, 6.45) is 5.88. The fourth-order valence-corrected chi connectivity index (χ4v) is 3.05. The first-order valence-corrected chi connectivity index (χ1v) is 10.3. The molecule has 28 heavy (non-hydrogen) atoms. The van der Waals surface area contributed by atoms with Gasteiger partial charge in [0.25, 0.3) is 0 Å². The number of unbranched alkanes of at least 4 members (excludes halogenated alkanes) is 4. The third-order valence-electron chi connectivity index (χ3n) is 4.67. The summed E-state index contributed by atoms with van der Waals surface area (Å²) in [6, 6.07) is 18.5. The maximum absolute atomic E-state index is 11.3. The first-order valence-electron chi connectivity index (χ1n) is 10.3. The van der Waals surface area contributed by atoms with Gasteiger partial charge in [0.05, 0.1) is 6.61 Å². The molecule has 0 saturated carbocycles. The lowest BCUT2D eigenvalue weighted by Crippen LogP contribution is -2.22. The predicted octanol–water partition coefficient (Wildman–Crippen LogP) is 5.07. The molecular weight excluding hydrogens is 352 g/mol. The van der Waals surface area contributed by atoms with Gasteiger partial charge in [-0.25, -0.2) is 4.79 Å². The van der Waals surface area contributed by atoms with Gasteiger partial charge in [0.2, 0.25) is 0 Å². The summed E-state index contributed by atoms with van der Waals surface area (Å²) in [7, 11) is 0. The molecule has 2 aromatic carbocycles. The number of esters is 1. The van der Waals surface area contributed by atoms with Gasteiger partial charge < -0.3 is 14.6 Å². The van der Waals surface area contributed by atoms with Gasteiger partial charge in [0.1, 0.15) is 12.4 Å². The molecule has 1 atom stereocenters. The number of hydrogen-bond acceptors (Lipinski definition) is 4. The molecule has 152 valence electrons. The van der Waals surface area contributed by atoms with Gasteiger partial charge in [0, 0.05) is 0 Å². The molecule has 2 aromatic rings. The van der Waals surface area contributed by atoms with Crippen molar-refractivity contribution in [3.63, 3.8) is 0 Å². The molecule has 0 bridgehead atoms. The summed E-state index contributed by atoms with van der Waals surface area (Å²) in [4.78, 5) is 11.3. The second-order valence-corrected chi connectivity index (χ2v) is 6.99. The first kappa shape index (κ1) is 22.0. The molecule has 2 rings (SSSR count). The average molecular weight is 385 g/mol. The topological polar surface area (TPSA) is 55.8 Å². The molecule has 1 N–H and O–H groups in total. The number of carbonyl (C=O) groups excluding carboxylic acids is 1. The molecule has 0 aromatic heterocycles. The van der Waals surface area contributed by atoms with Crippen molar-refractivity contribution in [2.24, 2.45) is 0 Å². The maximum atomic E-state index is 11.3. The van der Waals surface area contributed by atoms with Gasteiger partial charge in [-0.1, -0.05) is 68.1 Å². The maximum Gasteiger partial charge on any atom is 0.334 e. The van der Waals surface area contributed by atoms with Crippen molar-refractivity contribution < 1.29 is 19.4 Å². The molecular formula is C24H32O4. The van der Waals surface area contributed by atoms with E-state index in [-0.39, 0.29) is 0 Å². The summed E-state index contributed by atoms with van der Waals surface area (Å²) < 4.78 is 10.6. The molecule has 4 heteroatoms. The number of carbonyl (C=O) groups is 1. The standard InChI is InChI=1S/C24H32O4/c1-2-27-24(26)23(25)14-10-5-3-4-7-11-20-15-17-22(18-16-20)28-19-21-12-8-6-9-13-21/h6,8-9,12-13,15-18,23,25H,2-5,7,10-11,14,19H2,1H3. The second-order valence-electron chi connectivity index (χ2n) is 6.99. The van der Waals surface area contributed by atoms with E-state index in [1.54, 1.807) is 6.92 Å². The van der Waals surface area contributed by atoms with Crippen molar-refractivity contribution in [1.29, 1.82) is 0 Å². The van der Waals surface area contributed by atoms with Crippen molar-refractivity contribution >= 4 is 5.97 Å².